The molecule has 0 unspecified atom stereocenters. The van der Waals surface area contributed by atoms with Gasteiger partial charge < -0.3 is 9.64 Å². The monoisotopic (exact) mass is 261 g/mol. The van der Waals surface area contributed by atoms with Crippen molar-refractivity contribution in [1.82, 2.24) is 10.2 Å². The van der Waals surface area contributed by atoms with E-state index in [1.54, 1.807) is 0 Å². The molecule has 0 aromatic carbocycles. The Bertz CT molecular complexity index is 352. The van der Waals surface area contributed by atoms with Gasteiger partial charge >= 0.3 is 5.97 Å². The average molecular weight is 261 g/mol. The number of carbonyl (C=O) groups excluding carboxylic acids is 1. The first-order chi connectivity index (χ1) is 7.49. The number of esters is 1. The van der Waals surface area contributed by atoms with Crippen LogP contribution in [0, 0.1) is 0 Å². The normalized spacial score (nSPS) is 10.6. The molecule has 0 bridgehead atoms. The summed E-state index contributed by atoms with van der Waals surface area (Å²) < 4.78 is 5.79. The molecule has 0 aliphatic rings. The number of thioether (sulfide) groups is 1. The molecule has 0 saturated carbocycles. The van der Waals surface area contributed by atoms with E-state index in [0.717, 1.165) is 9.47 Å². The third-order valence-corrected chi connectivity index (χ3v) is 3.66. The molecule has 0 saturated heterocycles. The smallest absolute Gasteiger partial charge is 0.316 e. The Labute approximate surface area is 103 Å². The zero-order valence-corrected chi connectivity index (χ0v) is 11.4. The van der Waals surface area contributed by atoms with Crippen LogP contribution in [0.15, 0.2) is 4.34 Å². The summed E-state index contributed by atoms with van der Waals surface area (Å²) in [5.41, 5.74) is 0. The van der Waals surface area contributed by atoms with Crippen LogP contribution in [-0.4, -0.2) is 42.1 Å². The summed E-state index contributed by atoms with van der Waals surface area (Å²) in [6.07, 6.45) is -0.0696. The van der Waals surface area contributed by atoms with E-state index in [9.17, 15) is 4.79 Å². The van der Waals surface area contributed by atoms with E-state index in [1.165, 1.54) is 23.1 Å². The largest absolute Gasteiger partial charge is 0.462 e. The van der Waals surface area contributed by atoms with E-state index in [-0.39, 0.29) is 17.8 Å². The lowest BCUT2D eigenvalue weighted by atomic mass is 10.5. The lowest BCUT2D eigenvalue weighted by molar-refractivity contribution is -0.144. The molecule has 1 rings (SSSR count). The first-order valence-electron chi connectivity index (χ1n) is 4.82. The van der Waals surface area contributed by atoms with Gasteiger partial charge in [0.15, 0.2) is 4.34 Å². The second-order valence-electron chi connectivity index (χ2n) is 3.57. The van der Waals surface area contributed by atoms with Gasteiger partial charge in [-0.1, -0.05) is 23.1 Å². The van der Waals surface area contributed by atoms with Crippen molar-refractivity contribution in [2.75, 3.05) is 24.7 Å². The van der Waals surface area contributed by atoms with Crippen LogP contribution in [0.5, 0.6) is 0 Å². The zero-order valence-electron chi connectivity index (χ0n) is 9.76. The molecule has 0 aliphatic carbocycles. The molecule has 1 heterocycles. The van der Waals surface area contributed by atoms with Crippen molar-refractivity contribution in [1.29, 1.82) is 0 Å². The fraction of sp³-hybridized carbons (Fsp3) is 0.667. The molecule has 1 aromatic heterocycles. The van der Waals surface area contributed by atoms with Crippen LogP contribution in [0.4, 0.5) is 5.13 Å². The molecule has 16 heavy (non-hydrogen) atoms. The Morgan fingerprint density at radius 1 is 1.50 bits per heavy atom. The van der Waals surface area contributed by atoms with Crippen LogP contribution in [0.25, 0.3) is 0 Å². The van der Waals surface area contributed by atoms with Gasteiger partial charge in [0.25, 0.3) is 0 Å². The Hall–Kier alpha value is -0.820. The van der Waals surface area contributed by atoms with E-state index < -0.39 is 0 Å². The van der Waals surface area contributed by atoms with Crippen molar-refractivity contribution >= 4 is 34.2 Å². The molecule has 0 fully saturated rings. The lowest BCUT2D eigenvalue weighted by Crippen LogP contribution is -2.13. The second-order valence-corrected chi connectivity index (χ2v) is 5.75. The van der Waals surface area contributed by atoms with Crippen molar-refractivity contribution in [2.45, 2.75) is 24.3 Å². The highest BCUT2D eigenvalue weighted by atomic mass is 32.2. The Morgan fingerprint density at radius 2 is 2.19 bits per heavy atom. The van der Waals surface area contributed by atoms with Gasteiger partial charge in [0.05, 0.1) is 11.9 Å². The second kappa shape index (κ2) is 6.05. The summed E-state index contributed by atoms with van der Waals surface area (Å²) in [5.74, 6) is 0.0573. The van der Waals surface area contributed by atoms with Crippen LogP contribution >= 0.6 is 23.1 Å². The lowest BCUT2D eigenvalue weighted by Gasteiger charge is -2.06. The predicted molar refractivity (Wildman–Crippen MR) is 66.2 cm³/mol. The quantitative estimate of drug-likeness (QED) is 0.593. The third kappa shape index (κ3) is 4.36. The minimum Gasteiger partial charge on any atom is -0.462 e. The maximum Gasteiger partial charge on any atom is 0.316 e. The molecule has 0 radical (unpaired) electrons. The van der Waals surface area contributed by atoms with Crippen LogP contribution in [0.1, 0.15) is 13.8 Å². The SMILES string of the molecule is CC(C)OC(=O)CSc1nnc(N(C)C)s1. The number of aromatic nitrogens is 2. The molecule has 90 valence electrons. The molecule has 5 nitrogen and oxygen atoms in total. The Balaban J connectivity index is 2.39. The number of ether oxygens (including phenoxy) is 1. The van der Waals surface area contributed by atoms with Gasteiger partial charge in [0.1, 0.15) is 0 Å². The van der Waals surface area contributed by atoms with Crippen LogP contribution in [-0.2, 0) is 9.53 Å². The molecule has 0 atom stereocenters. The van der Waals surface area contributed by atoms with Crippen molar-refractivity contribution in [3.63, 3.8) is 0 Å². The highest BCUT2D eigenvalue weighted by molar-refractivity contribution is 8.01. The van der Waals surface area contributed by atoms with Gasteiger partial charge in [-0.05, 0) is 13.8 Å². The predicted octanol–water partition coefficient (Wildman–Crippen LogP) is 1.65. The molecule has 0 N–H and O–H groups in total. The van der Waals surface area contributed by atoms with Gasteiger partial charge in [0.2, 0.25) is 5.13 Å². The van der Waals surface area contributed by atoms with Gasteiger partial charge in [-0.2, -0.15) is 0 Å². The minimum atomic E-state index is -0.221. The van der Waals surface area contributed by atoms with Crippen LogP contribution in [0.2, 0.25) is 0 Å². The van der Waals surface area contributed by atoms with Gasteiger partial charge in [-0.25, -0.2) is 0 Å². The summed E-state index contributed by atoms with van der Waals surface area (Å²) in [6.45, 7) is 3.66. The Morgan fingerprint density at radius 3 is 2.69 bits per heavy atom. The fourth-order valence-corrected chi connectivity index (χ4v) is 2.41. The third-order valence-electron chi connectivity index (χ3n) is 1.46. The van der Waals surface area contributed by atoms with Crippen molar-refractivity contribution in [2.24, 2.45) is 0 Å². The summed E-state index contributed by atoms with van der Waals surface area (Å²) in [4.78, 5) is 13.2. The van der Waals surface area contributed by atoms with Gasteiger partial charge in [0, 0.05) is 14.1 Å². The number of hydrogen-bond donors (Lipinski definition) is 0. The number of rotatable bonds is 5. The highest BCUT2D eigenvalue weighted by Gasteiger charge is 2.10. The maximum atomic E-state index is 11.3. The first kappa shape index (κ1) is 13.2. The fourth-order valence-electron chi connectivity index (χ4n) is 0.859. The van der Waals surface area contributed by atoms with Gasteiger partial charge in [-0.3, -0.25) is 4.79 Å². The summed E-state index contributed by atoms with van der Waals surface area (Å²) in [7, 11) is 3.81. The first-order valence-corrected chi connectivity index (χ1v) is 6.62. The van der Waals surface area contributed by atoms with E-state index in [4.69, 9.17) is 4.74 Å². The van der Waals surface area contributed by atoms with E-state index in [1.807, 2.05) is 32.8 Å². The number of carbonyl (C=O) groups is 1. The van der Waals surface area contributed by atoms with Crippen molar-refractivity contribution in [3.8, 4) is 0 Å². The van der Waals surface area contributed by atoms with Crippen molar-refractivity contribution in [3.05, 3.63) is 0 Å². The minimum absolute atomic E-state index is 0.0696. The molecule has 0 spiro atoms. The molecule has 7 heteroatoms. The molecular formula is C9H15N3O2S2. The molecule has 0 aliphatic heterocycles. The number of nitrogens with zero attached hydrogens (tertiary/aromatic N) is 3. The average Bonchev–Trinajstić information content (AvgIpc) is 2.61. The van der Waals surface area contributed by atoms with Crippen LogP contribution < -0.4 is 4.90 Å². The number of anilines is 1. The Kier molecular flexibility index (Phi) is 5.01. The molecule has 0 amide bonds. The van der Waals surface area contributed by atoms with E-state index in [2.05, 4.69) is 10.2 Å². The van der Waals surface area contributed by atoms with E-state index >= 15 is 0 Å². The van der Waals surface area contributed by atoms with E-state index in [0.29, 0.717) is 0 Å². The summed E-state index contributed by atoms with van der Waals surface area (Å²) in [5, 5.41) is 8.78. The summed E-state index contributed by atoms with van der Waals surface area (Å²) in [6, 6.07) is 0. The van der Waals surface area contributed by atoms with Gasteiger partial charge in [-0.15, -0.1) is 10.2 Å². The topological polar surface area (TPSA) is 55.3 Å². The molecule has 1 aromatic rings. The van der Waals surface area contributed by atoms with Crippen molar-refractivity contribution < 1.29 is 9.53 Å². The maximum absolute atomic E-state index is 11.3. The van der Waals surface area contributed by atoms with Crippen LogP contribution in [0.3, 0.4) is 0 Å². The highest BCUT2D eigenvalue weighted by Crippen LogP contribution is 2.26. The zero-order chi connectivity index (χ0) is 12.1. The number of hydrogen-bond acceptors (Lipinski definition) is 7. The standard InChI is InChI=1S/C9H15N3O2S2/c1-6(2)14-7(13)5-15-9-11-10-8(16-9)12(3)4/h6H,5H2,1-4H3. The summed E-state index contributed by atoms with van der Waals surface area (Å²) >= 11 is 2.81. The molecular weight excluding hydrogens is 246 g/mol.